The van der Waals surface area contributed by atoms with E-state index >= 15 is 0 Å². The average Bonchev–Trinajstić information content (AvgIpc) is 3.09. The lowest BCUT2D eigenvalue weighted by molar-refractivity contribution is -0.384. The Balaban J connectivity index is 1.42. The molecule has 3 rings (SSSR count). The van der Waals surface area contributed by atoms with Crippen LogP contribution in [-0.4, -0.2) is 21.7 Å². The van der Waals surface area contributed by atoms with Crippen molar-refractivity contribution >= 4 is 39.1 Å². The van der Waals surface area contributed by atoms with Crippen LogP contribution in [0.4, 0.5) is 5.69 Å². The van der Waals surface area contributed by atoms with Crippen LogP contribution in [0.5, 0.6) is 0 Å². The summed E-state index contributed by atoms with van der Waals surface area (Å²) < 4.78 is 1.12. The van der Waals surface area contributed by atoms with E-state index in [9.17, 15) is 19.7 Å². The highest BCUT2D eigenvalue weighted by Crippen LogP contribution is 2.22. The number of nitrogens with zero attached hydrogens (tertiary/aromatic N) is 2. The molecule has 0 fully saturated rings. The average molecular weight is 384 g/mol. The second kappa shape index (κ2) is 8.37. The molecule has 2 aromatic carbocycles. The van der Waals surface area contributed by atoms with Crippen LogP contribution in [0.3, 0.4) is 0 Å². The molecule has 3 aromatic rings. The van der Waals surface area contributed by atoms with E-state index in [0.29, 0.717) is 12.8 Å². The van der Waals surface area contributed by atoms with Gasteiger partial charge in [0.1, 0.15) is 0 Å². The van der Waals surface area contributed by atoms with E-state index in [2.05, 4.69) is 15.8 Å². The number of hydrogen-bond donors (Lipinski definition) is 2. The highest BCUT2D eigenvalue weighted by atomic mass is 32.1. The molecule has 8 nitrogen and oxygen atoms in total. The maximum absolute atomic E-state index is 11.9. The van der Waals surface area contributed by atoms with Crippen molar-refractivity contribution in [3.63, 3.8) is 0 Å². The fourth-order valence-electron chi connectivity index (χ4n) is 2.42. The van der Waals surface area contributed by atoms with Gasteiger partial charge in [-0.15, -0.1) is 11.3 Å². The van der Waals surface area contributed by atoms with Crippen LogP contribution >= 0.6 is 11.3 Å². The minimum atomic E-state index is -0.547. The number of nitrogens with one attached hydrogen (secondary N) is 2. The van der Waals surface area contributed by atoms with Gasteiger partial charge in [0.25, 0.3) is 11.6 Å². The van der Waals surface area contributed by atoms with Gasteiger partial charge < -0.3 is 0 Å². The number of fused-ring (bicyclic) bond motifs is 1. The number of aromatic nitrogens is 1. The largest absolute Gasteiger partial charge is 0.273 e. The second-order valence-electron chi connectivity index (χ2n) is 5.74. The predicted molar refractivity (Wildman–Crippen MR) is 101 cm³/mol. The Morgan fingerprint density at radius 2 is 1.81 bits per heavy atom. The van der Waals surface area contributed by atoms with E-state index in [1.165, 1.54) is 24.3 Å². The van der Waals surface area contributed by atoms with Crippen LogP contribution in [0.1, 0.15) is 28.2 Å². The lowest BCUT2D eigenvalue weighted by atomic mass is 10.2. The molecule has 0 bridgehead atoms. The zero-order valence-corrected chi connectivity index (χ0v) is 15.0. The van der Waals surface area contributed by atoms with Gasteiger partial charge in [-0.2, -0.15) is 0 Å². The number of nitro groups is 1. The number of benzene rings is 2. The summed E-state index contributed by atoms with van der Waals surface area (Å²) >= 11 is 1.61. The van der Waals surface area contributed by atoms with Crippen LogP contribution in [0.15, 0.2) is 48.5 Å². The van der Waals surface area contributed by atoms with Crippen molar-refractivity contribution in [3.8, 4) is 0 Å². The molecule has 2 N–H and O–H groups in total. The number of amides is 2. The standard InChI is InChI=1S/C18H16N4O4S/c23-16(6-3-7-17-19-14-4-1-2-5-15(14)27-17)20-21-18(24)12-8-10-13(11-9-12)22(25)26/h1-2,4-5,8-11H,3,6-7H2,(H,20,23)(H,21,24). The maximum Gasteiger partial charge on any atom is 0.269 e. The first-order valence-corrected chi connectivity index (χ1v) is 9.02. The van der Waals surface area contributed by atoms with E-state index in [-0.39, 0.29) is 23.6 Å². The molecule has 0 aliphatic heterocycles. The van der Waals surface area contributed by atoms with Crippen LogP contribution in [0.25, 0.3) is 10.2 Å². The molecule has 0 unspecified atom stereocenters. The fraction of sp³-hybridized carbons (Fsp3) is 0.167. The highest BCUT2D eigenvalue weighted by molar-refractivity contribution is 7.18. The minimum absolute atomic E-state index is 0.106. The third-order valence-corrected chi connectivity index (χ3v) is 4.88. The highest BCUT2D eigenvalue weighted by Gasteiger charge is 2.11. The Morgan fingerprint density at radius 1 is 1.07 bits per heavy atom. The number of non-ortho nitro benzene ring substituents is 1. The Hall–Kier alpha value is -3.33. The van der Waals surface area contributed by atoms with Gasteiger partial charge in [-0.25, -0.2) is 4.98 Å². The van der Waals surface area contributed by atoms with Crippen LogP contribution in [0.2, 0.25) is 0 Å². The number of thiazole rings is 1. The van der Waals surface area contributed by atoms with Crippen molar-refractivity contribution in [1.82, 2.24) is 15.8 Å². The Bertz CT molecular complexity index is 951. The van der Waals surface area contributed by atoms with Gasteiger partial charge in [-0.1, -0.05) is 12.1 Å². The lowest BCUT2D eigenvalue weighted by Gasteiger charge is -2.07. The number of carbonyl (C=O) groups is 2. The normalized spacial score (nSPS) is 10.5. The number of aryl methyl sites for hydroxylation is 1. The first-order chi connectivity index (χ1) is 13.0. The molecule has 138 valence electrons. The number of carbonyl (C=O) groups excluding carboxylic acids is 2. The van der Waals surface area contributed by atoms with Crippen LogP contribution in [0, 0.1) is 10.1 Å². The summed E-state index contributed by atoms with van der Waals surface area (Å²) in [7, 11) is 0. The van der Waals surface area contributed by atoms with E-state index < -0.39 is 10.8 Å². The Labute approximate surface area is 158 Å². The van der Waals surface area contributed by atoms with Crippen molar-refractivity contribution in [1.29, 1.82) is 0 Å². The van der Waals surface area contributed by atoms with Gasteiger partial charge in [-0.05, 0) is 37.1 Å². The summed E-state index contributed by atoms with van der Waals surface area (Å²) in [6, 6.07) is 13.0. The van der Waals surface area contributed by atoms with Crippen molar-refractivity contribution < 1.29 is 14.5 Å². The topological polar surface area (TPSA) is 114 Å². The van der Waals surface area contributed by atoms with Crippen molar-refractivity contribution in [2.24, 2.45) is 0 Å². The summed E-state index contributed by atoms with van der Waals surface area (Å²) in [5.74, 6) is -0.851. The third-order valence-electron chi connectivity index (χ3n) is 3.79. The van der Waals surface area contributed by atoms with E-state index in [4.69, 9.17) is 0 Å². The summed E-state index contributed by atoms with van der Waals surface area (Å²) in [6.45, 7) is 0. The summed E-state index contributed by atoms with van der Waals surface area (Å²) in [6.07, 6.45) is 1.54. The van der Waals surface area contributed by atoms with E-state index in [1.807, 2.05) is 24.3 Å². The number of nitro benzene ring substituents is 1. The van der Waals surface area contributed by atoms with Crippen molar-refractivity contribution in [2.45, 2.75) is 19.3 Å². The second-order valence-corrected chi connectivity index (χ2v) is 6.85. The van der Waals surface area contributed by atoms with Crippen LogP contribution < -0.4 is 10.9 Å². The fourth-order valence-corrected chi connectivity index (χ4v) is 3.43. The van der Waals surface area contributed by atoms with Gasteiger partial charge >= 0.3 is 0 Å². The number of para-hydroxylation sites is 1. The molecule has 0 saturated carbocycles. The zero-order valence-electron chi connectivity index (χ0n) is 14.2. The molecule has 0 spiro atoms. The molecule has 1 aromatic heterocycles. The lowest BCUT2D eigenvalue weighted by Crippen LogP contribution is -2.41. The quantitative estimate of drug-likeness (QED) is 0.501. The minimum Gasteiger partial charge on any atom is -0.273 e. The monoisotopic (exact) mass is 384 g/mol. The van der Waals surface area contributed by atoms with Gasteiger partial charge in [0.2, 0.25) is 5.91 Å². The van der Waals surface area contributed by atoms with Gasteiger partial charge in [-0.3, -0.25) is 30.6 Å². The SMILES string of the molecule is O=C(CCCc1nc2ccccc2s1)NNC(=O)c1ccc([N+](=O)[O-])cc1. The molecule has 9 heteroatoms. The van der Waals surface area contributed by atoms with Crippen molar-refractivity contribution in [3.05, 3.63) is 69.2 Å². The molecule has 2 amide bonds. The molecular formula is C18H16N4O4S. The molecule has 0 atom stereocenters. The molecule has 1 heterocycles. The summed E-state index contributed by atoms with van der Waals surface area (Å²) in [5, 5.41) is 11.6. The molecule has 0 aliphatic rings. The number of rotatable bonds is 6. The number of hydrogen-bond acceptors (Lipinski definition) is 6. The zero-order chi connectivity index (χ0) is 19.2. The molecular weight excluding hydrogens is 368 g/mol. The molecule has 27 heavy (non-hydrogen) atoms. The molecule has 0 saturated heterocycles. The van der Waals surface area contributed by atoms with Gasteiger partial charge in [0.15, 0.2) is 0 Å². The molecule has 0 radical (unpaired) electrons. The van der Waals surface area contributed by atoms with E-state index in [1.54, 1.807) is 11.3 Å². The summed E-state index contributed by atoms with van der Waals surface area (Å²) in [5.41, 5.74) is 5.71. The van der Waals surface area contributed by atoms with Gasteiger partial charge in [0, 0.05) is 24.1 Å². The van der Waals surface area contributed by atoms with Gasteiger partial charge in [0.05, 0.1) is 20.1 Å². The number of hydrazine groups is 1. The van der Waals surface area contributed by atoms with Crippen LogP contribution in [-0.2, 0) is 11.2 Å². The first kappa shape index (κ1) is 18.5. The summed E-state index contributed by atoms with van der Waals surface area (Å²) in [4.78, 5) is 38.3. The maximum atomic E-state index is 11.9. The Kier molecular flexibility index (Phi) is 5.72. The Morgan fingerprint density at radius 3 is 2.52 bits per heavy atom. The van der Waals surface area contributed by atoms with E-state index in [0.717, 1.165) is 15.2 Å². The first-order valence-electron chi connectivity index (χ1n) is 8.21. The predicted octanol–water partition coefficient (Wildman–Crippen LogP) is 2.99. The third kappa shape index (κ3) is 4.85. The smallest absolute Gasteiger partial charge is 0.269 e. The van der Waals surface area contributed by atoms with Crippen molar-refractivity contribution in [2.75, 3.05) is 0 Å². The molecule has 0 aliphatic carbocycles.